The van der Waals surface area contributed by atoms with Crippen LogP contribution in [0.1, 0.15) is 84.0 Å². The Labute approximate surface area is 234 Å². The number of alkyl halides is 3. The zero-order valence-corrected chi connectivity index (χ0v) is 23.3. The first kappa shape index (κ1) is 29.2. The molecular formula is C33H41F5O2. The molecule has 0 aromatic heterocycles. The van der Waals surface area contributed by atoms with E-state index in [1.807, 2.05) is 0 Å². The molecule has 3 aliphatic carbocycles. The van der Waals surface area contributed by atoms with E-state index in [1.54, 1.807) is 0 Å². The number of hydrogen-bond acceptors (Lipinski definition) is 2. The molecule has 40 heavy (non-hydrogen) atoms. The van der Waals surface area contributed by atoms with Gasteiger partial charge in [0, 0.05) is 11.6 Å². The normalized spacial score (nSPS) is 29.6. The van der Waals surface area contributed by atoms with Crippen LogP contribution in [-0.2, 0) is 0 Å². The van der Waals surface area contributed by atoms with Crippen molar-refractivity contribution >= 4 is 0 Å². The predicted molar refractivity (Wildman–Crippen MR) is 146 cm³/mol. The van der Waals surface area contributed by atoms with Crippen molar-refractivity contribution < 1.29 is 31.4 Å². The van der Waals surface area contributed by atoms with Gasteiger partial charge < -0.3 is 9.47 Å². The van der Waals surface area contributed by atoms with Crippen molar-refractivity contribution in [3.63, 3.8) is 0 Å². The molecule has 0 radical (unpaired) electrons. The summed E-state index contributed by atoms with van der Waals surface area (Å²) in [6.07, 6.45) is 9.57. The van der Waals surface area contributed by atoms with E-state index in [0.717, 1.165) is 42.7 Å². The van der Waals surface area contributed by atoms with Crippen LogP contribution in [0.3, 0.4) is 0 Å². The van der Waals surface area contributed by atoms with E-state index in [0.29, 0.717) is 24.7 Å². The van der Waals surface area contributed by atoms with E-state index in [4.69, 9.17) is 4.74 Å². The molecule has 3 fully saturated rings. The molecule has 0 aliphatic heterocycles. The molecule has 0 bridgehead atoms. The number of halogens is 5. The Bertz CT molecular complexity index is 1110. The van der Waals surface area contributed by atoms with Crippen LogP contribution in [-0.4, -0.2) is 13.0 Å². The van der Waals surface area contributed by atoms with Gasteiger partial charge in [0.05, 0.1) is 5.92 Å². The van der Waals surface area contributed by atoms with Crippen molar-refractivity contribution in [2.45, 2.75) is 90.1 Å². The van der Waals surface area contributed by atoms with Gasteiger partial charge in [0.15, 0.2) is 11.6 Å². The maximum Gasteiger partial charge on any atom is 0.400 e. The summed E-state index contributed by atoms with van der Waals surface area (Å²) in [5.74, 6) is 0.690. The van der Waals surface area contributed by atoms with Gasteiger partial charge in [0.2, 0.25) is 6.86 Å². The van der Waals surface area contributed by atoms with Gasteiger partial charge in [-0.15, -0.1) is 0 Å². The van der Waals surface area contributed by atoms with Gasteiger partial charge in [0.25, 0.3) is 0 Å². The van der Waals surface area contributed by atoms with Gasteiger partial charge in [0.1, 0.15) is 11.6 Å². The summed E-state index contributed by atoms with van der Waals surface area (Å²) in [4.78, 5) is 0. The zero-order valence-electron chi connectivity index (χ0n) is 23.3. The fraction of sp³-hybridized carbons (Fsp3) is 0.636. The zero-order chi connectivity index (χ0) is 28.3. The third kappa shape index (κ3) is 6.76. The molecule has 7 heteroatoms. The van der Waals surface area contributed by atoms with E-state index in [9.17, 15) is 13.2 Å². The van der Waals surface area contributed by atoms with Crippen LogP contribution in [0.5, 0.6) is 11.5 Å². The van der Waals surface area contributed by atoms with Crippen LogP contribution in [0.25, 0.3) is 11.1 Å². The Kier molecular flexibility index (Phi) is 9.26. The molecule has 2 nitrogen and oxygen atoms in total. The Hall–Kier alpha value is -2.31. The van der Waals surface area contributed by atoms with Crippen molar-refractivity contribution in [2.24, 2.45) is 35.5 Å². The number of ether oxygens (including phenoxy) is 2. The van der Waals surface area contributed by atoms with E-state index in [2.05, 4.69) is 11.7 Å². The Morgan fingerprint density at radius 2 is 1.25 bits per heavy atom. The molecule has 2 aromatic carbocycles. The standard InChI is InChI=1S/C33H41F5O2/c1-21-2-4-22(5-3-21)23-6-8-24(9-7-23)25-10-13-27(14-11-25)33(37,38)40-28-15-16-29(30(35)19-28)26-12-17-32(39-20-34)31(36)18-26/h12,15-19,21-25,27H,2-11,13-14,20H2,1H3. The van der Waals surface area contributed by atoms with Gasteiger partial charge in [-0.3, -0.25) is 0 Å². The molecule has 0 unspecified atom stereocenters. The first-order valence-corrected chi connectivity index (χ1v) is 15.1. The molecule has 3 aliphatic rings. The summed E-state index contributed by atoms with van der Waals surface area (Å²) in [5.41, 5.74) is 0.204. The third-order valence-electron chi connectivity index (χ3n) is 10.1. The van der Waals surface area contributed by atoms with Crippen LogP contribution in [0.15, 0.2) is 36.4 Å². The quantitative estimate of drug-likeness (QED) is 0.297. The summed E-state index contributed by atoms with van der Waals surface area (Å²) >= 11 is 0. The molecule has 3 saturated carbocycles. The molecule has 0 amide bonds. The summed E-state index contributed by atoms with van der Waals surface area (Å²) in [7, 11) is 0. The second kappa shape index (κ2) is 12.7. The van der Waals surface area contributed by atoms with Crippen molar-refractivity contribution in [2.75, 3.05) is 6.86 Å². The molecule has 0 N–H and O–H groups in total. The molecule has 0 saturated heterocycles. The summed E-state index contributed by atoms with van der Waals surface area (Å²) in [6.45, 7) is 1.18. The average molecular weight is 565 g/mol. The maximum atomic E-state index is 15.1. The summed E-state index contributed by atoms with van der Waals surface area (Å²) in [6, 6.07) is 7.05. The van der Waals surface area contributed by atoms with Gasteiger partial charge >= 0.3 is 6.11 Å². The SMILES string of the molecule is CC1CCC(C2CCC(C3CCC(C(F)(F)Oc4ccc(-c5ccc(OCF)c(F)c5)c(F)c4)CC3)CC2)CC1. The fourth-order valence-corrected chi connectivity index (χ4v) is 7.65. The summed E-state index contributed by atoms with van der Waals surface area (Å²) < 4.78 is 81.1. The summed E-state index contributed by atoms with van der Waals surface area (Å²) in [5, 5.41) is 0. The van der Waals surface area contributed by atoms with Crippen LogP contribution in [0.2, 0.25) is 0 Å². The second-order valence-corrected chi connectivity index (χ2v) is 12.5. The largest absolute Gasteiger partial charge is 0.460 e. The molecule has 0 atom stereocenters. The fourth-order valence-electron chi connectivity index (χ4n) is 7.65. The third-order valence-corrected chi connectivity index (χ3v) is 10.1. The Morgan fingerprint density at radius 1 is 0.700 bits per heavy atom. The molecule has 2 aromatic rings. The van der Waals surface area contributed by atoms with Crippen LogP contribution < -0.4 is 9.47 Å². The van der Waals surface area contributed by atoms with Crippen molar-refractivity contribution in [1.82, 2.24) is 0 Å². The minimum Gasteiger partial charge on any atom is -0.460 e. The highest BCUT2D eigenvalue weighted by Gasteiger charge is 2.45. The van der Waals surface area contributed by atoms with Gasteiger partial charge in [-0.2, -0.15) is 8.78 Å². The highest BCUT2D eigenvalue weighted by Crippen LogP contribution is 2.48. The lowest BCUT2D eigenvalue weighted by Crippen LogP contribution is -2.38. The van der Waals surface area contributed by atoms with Gasteiger partial charge in [-0.25, -0.2) is 13.2 Å². The monoisotopic (exact) mass is 564 g/mol. The van der Waals surface area contributed by atoms with Crippen molar-refractivity contribution in [3.05, 3.63) is 48.0 Å². The highest BCUT2D eigenvalue weighted by molar-refractivity contribution is 5.66. The smallest absolute Gasteiger partial charge is 0.400 e. The first-order valence-electron chi connectivity index (χ1n) is 15.1. The average Bonchev–Trinajstić information content (AvgIpc) is 2.95. The molecule has 0 spiro atoms. The first-order chi connectivity index (χ1) is 19.2. The van der Waals surface area contributed by atoms with E-state index < -0.39 is 30.5 Å². The molecule has 5 rings (SSSR count). The van der Waals surface area contributed by atoms with Gasteiger partial charge in [-0.1, -0.05) is 25.8 Å². The number of benzene rings is 2. The lowest BCUT2D eigenvalue weighted by atomic mass is 9.65. The molecule has 220 valence electrons. The van der Waals surface area contributed by atoms with E-state index in [1.165, 1.54) is 75.6 Å². The predicted octanol–water partition coefficient (Wildman–Crippen LogP) is 10.3. The molecular weight excluding hydrogens is 523 g/mol. The van der Waals surface area contributed by atoms with E-state index >= 15 is 8.78 Å². The van der Waals surface area contributed by atoms with Gasteiger partial charge in [-0.05, 0) is 124 Å². The van der Waals surface area contributed by atoms with Crippen molar-refractivity contribution in [3.8, 4) is 22.6 Å². The number of rotatable bonds is 8. The lowest BCUT2D eigenvalue weighted by Gasteiger charge is -2.41. The lowest BCUT2D eigenvalue weighted by molar-refractivity contribution is -0.224. The second-order valence-electron chi connectivity index (χ2n) is 12.5. The minimum absolute atomic E-state index is 0.0228. The van der Waals surface area contributed by atoms with E-state index in [-0.39, 0.29) is 22.6 Å². The van der Waals surface area contributed by atoms with Crippen molar-refractivity contribution in [1.29, 1.82) is 0 Å². The Balaban J connectivity index is 1.12. The maximum absolute atomic E-state index is 15.1. The Morgan fingerprint density at radius 3 is 1.77 bits per heavy atom. The van der Waals surface area contributed by atoms with Crippen LogP contribution >= 0.6 is 0 Å². The minimum atomic E-state index is -3.40. The number of hydrogen-bond donors (Lipinski definition) is 0. The van der Waals surface area contributed by atoms with Crippen LogP contribution in [0.4, 0.5) is 22.0 Å². The molecule has 0 heterocycles. The topological polar surface area (TPSA) is 18.5 Å². The van der Waals surface area contributed by atoms with Crippen LogP contribution in [0, 0.1) is 47.1 Å². The highest BCUT2D eigenvalue weighted by atomic mass is 19.3.